The number of ether oxygens (including phenoxy) is 2. The van der Waals surface area contributed by atoms with E-state index < -0.39 is 17.6 Å². The van der Waals surface area contributed by atoms with Crippen molar-refractivity contribution in [1.29, 1.82) is 0 Å². The van der Waals surface area contributed by atoms with Gasteiger partial charge in [0.05, 0.1) is 30.0 Å². The first-order valence-corrected chi connectivity index (χ1v) is 6.47. The summed E-state index contributed by atoms with van der Waals surface area (Å²) >= 11 is 0. The molecule has 1 aromatic rings. The fourth-order valence-electron chi connectivity index (χ4n) is 2.17. The normalized spacial score (nSPS) is 23.3. The molecule has 0 saturated carbocycles. The number of aromatic nitrogens is 1. The van der Waals surface area contributed by atoms with Gasteiger partial charge in [-0.2, -0.15) is 13.2 Å². The van der Waals surface area contributed by atoms with E-state index in [-0.39, 0.29) is 24.4 Å². The van der Waals surface area contributed by atoms with Crippen LogP contribution in [-0.2, 0) is 22.2 Å². The van der Waals surface area contributed by atoms with Crippen LogP contribution in [-0.4, -0.2) is 37.5 Å². The number of nitrogens with one attached hydrogen (secondary N) is 1. The molecule has 1 N–H and O–H groups in total. The molecule has 1 fully saturated rings. The van der Waals surface area contributed by atoms with Gasteiger partial charge in [-0.3, -0.25) is 4.98 Å². The van der Waals surface area contributed by atoms with Crippen LogP contribution < -0.4 is 5.32 Å². The molecule has 0 aromatic carbocycles. The van der Waals surface area contributed by atoms with Gasteiger partial charge in [-0.05, 0) is 12.5 Å². The third-order valence-electron chi connectivity index (χ3n) is 3.37. The Morgan fingerprint density at radius 3 is 2.86 bits per heavy atom. The lowest BCUT2D eigenvalue weighted by molar-refractivity contribution is -0.138. The molecule has 21 heavy (non-hydrogen) atoms. The molecular weight excluding hydrogens is 292 g/mol. The molecule has 0 amide bonds. The minimum Gasteiger partial charge on any atom is -0.380 e. The number of hydrogen-bond donors (Lipinski definition) is 1. The molecular formula is C13H16F4N2O2. The van der Waals surface area contributed by atoms with Crippen LogP contribution in [0.15, 0.2) is 12.3 Å². The van der Waals surface area contributed by atoms with Gasteiger partial charge in [0.15, 0.2) is 0 Å². The molecule has 1 aliphatic rings. The highest BCUT2D eigenvalue weighted by Crippen LogP contribution is 2.29. The lowest BCUT2D eigenvalue weighted by Crippen LogP contribution is -2.47. The van der Waals surface area contributed by atoms with Crippen molar-refractivity contribution < 1.29 is 27.0 Å². The number of alkyl halides is 3. The van der Waals surface area contributed by atoms with Gasteiger partial charge in [0.2, 0.25) is 0 Å². The molecule has 0 aliphatic carbocycles. The fourth-order valence-corrected chi connectivity index (χ4v) is 2.17. The molecule has 4 nitrogen and oxygen atoms in total. The van der Waals surface area contributed by atoms with Gasteiger partial charge in [0.25, 0.3) is 0 Å². The Balaban J connectivity index is 2.00. The van der Waals surface area contributed by atoms with E-state index in [2.05, 4.69) is 10.3 Å². The van der Waals surface area contributed by atoms with Crippen molar-refractivity contribution >= 4 is 0 Å². The second-order valence-corrected chi connectivity index (χ2v) is 4.78. The van der Waals surface area contributed by atoms with Gasteiger partial charge in [0.1, 0.15) is 5.82 Å². The first-order chi connectivity index (χ1) is 9.91. The molecule has 1 saturated heterocycles. The lowest BCUT2D eigenvalue weighted by Gasteiger charge is -2.31. The number of halogens is 4. The summed E-state index contributed by atoms with van der Waals surface area (Å²) < 4.78 is 61.5. The summed E-state index contributed by atoms with van der Waals surface area (Å²) in [4.78, 5) is 3.54. The van der Waals surface area contributed by atoms with E-state index in [4.69, 9.17) is 9.47 Å². The van der Waals surface area contributed by atoms with E-state index in [0.29, 0.717) is 31.9 Å². The van der Waals surface area contributed by atoms with E-state index in [0.717, 1.165) is 0 Å². The van der Waals surface area contributed by atoms with Crippen LogP contribution in [0.3, 0.4) is 0 Å². The van der Waals surface area contributed by atoms with Crippen molar-refractivity contribution in [3.63, 3.8) is 0 Å². The summed E-state index contributed by atoms with van der Waals surface area (Å²) in [6.45, 7) is 1.00. The molecule has 2 atom stereocenters. The molecule has 118 valence electrons. The topological polar surface area (TPSA) is 43.4 Å². The molecule has 8 heteroatoms. The van der Waals surface area contributed by atoms with E-state index in [1.165, 1.54) is 0 Å². The Kier molecular flexibility index (Phi) is 5.13. The zero-order valence-corrected chi connectivity index (χ0v) is 11.4. The Morgan fingerprint density at radius 2 is 2.24 bits per heavy atom. The van der Waals surface area contributed by atoms with Crippen LogP contribution in [0.4, 0.5) is 17.6 Å². The SMILES string of the molecule is CO[C@@H]1CCOC[C@H]1NCc1ncc(C(F)(F)F)cc1F. The smallest absolute Gasteiger partial charge is 0.380 e. The van der Waals surface area contributed by atoms with Gasteiger partial charge >= 0.3 is 6.18 Å². The molecule has 1 aliphatic heterocycles. The van der Waals surface area contributed by atoms with Crippen LogP contribution in [0.1, 0.15) is 17.7 Å². The minimum absolute atomic E-state index is 0.0118. The first-order valence-electron chi connectivity index (χ1n) is 6.47. The quantitative estimate of drug-likeness (QED) is 0.866. The maximum absolute atomic E-state index is 13.6. The first kappa shape index (κ1) is 16.1. The summed E-state index contributed by atoms with van der Waals surface area (Å²) in [7, 11) is 1.57. The monoisotopic (exact) mass is 308 g/mol. The predicted octanol–water partition coefficient (Wildman–Crippen LogP) is 2.13. The number of methoxy groups -OCH3 is 1. The molecule has 0 radical (unpaired) electrons. The summed E-state index contributed by atoms with van der Waals surface area (Å²) in [6, 6.07) is 0.307. The average molecular weight is 308 g/mol. The second-order valence-electron chi connectivity index (χ2n) is 4.78. The van der Waals surface area contributed by atoms with E-state index in [9.17, 15) is 17.6 Å². The Labute approximate surface area is 119 Å². The maximum Gasteiger partial charge on any atom is 0.417 e. The Bertz CT molecular complexity index is 482. The summed E-state index contributed by atoms with van der Waals surface area (Å²) in [6.07, 6.45) is -3.34. The second kappa shape index (κ2) is 6.67. The molecule has 2 heterocycles. The molecule has 0 spiro atoms. The fraction of sp³-hybridized carbons (Fsp3) is 0.615. The Hall–Kier alpha value is -1.25. The molecule has 2 rings (SSSR count). The Morgan fingerprint density at radius 1 is 1.48 bits per heavy atom. The number of nitrogens with zero attached hydrogens (tertiary/aromatic N) is 1. The highest BCUT2D eigenvalue weighted by molar-refractivity contribution is 5.19. The number of pyridine rings is 1. The molecule has 0 bridgehead atoms. The lowest BCUT2D eigenvalue weighted by atomic mass is 10.1. The van der Waals surface area contributed by atoms with Crippen molar-refractivity contribution in [2.75, 3.05) is 20.3 Å². The van der Waals surface area contributed by atoms with Gasteiger partial charge in [-0.15, -0.1) is 0 Å². The van der Waals surface area contributed by atoms with Gasteiger partial charge < -0.3 is 14.8 Å². The van der Waals surface area contributed by atoms with E-state index >= 15 is 0 Å². The molecule has 0 unspecified atom stereocenters. The van der Waals surface area contributed by atoms with E-state index in [1.807, 2.05) is 0 Å². The van der Waals surface area contributed by atoms with E-state index in [1.54, 1.807) is 7.11 Å². The third kappa shape index (κ3) is 4.12. The summed E-state index contributed by atoms with van der Waals surface area (Å²) in [5.41, 5.74) is -1.16. The minimum atomic E-state index is -4.60. The highest BCUT2D eigenvalue weighted by Gasteiger charge is 2.32. The zero-order valence-electron chi connectivity index (χ0n) is 11.4. The van der Waals surface area contributed by atoms with Crippen LogP contribution in [0, 0.1) is 5.82 Å². The van der Waals surface area contributed by atoms with Crippen molar-refractivity contribution in [2.45, 2.75) is 31.3 Å². The van der Waals surface area contributed by atoms with Crippen molar-refractivity contribution in [3.8, 4) is 0 Å². The van der Waals surface area contributed by atoms with Gasteiger partial charge in [-0.25, -0.2) is 4.39 Å². The van der Waals surface area contributed by atoms with Crippen LogP contribution in [0.5, 0.6) is 0 Å². The van der Waals surface area contributed by atoms with Crippen molar-refractivity contribution in [3.05, 3.63) is 29.3 Å². The van der Waals surface area contributed by atoms with Gasteiger partial charge in [0, 0.05) is 26.5 Å². The van der Waals surface area contributed by atoms with Gasteiger partial charge in [-0.1, -0.05) is 0 Å². The van der Waals surface area contributed by atoms with Crippen molar-refractivity contribution in [1.82, 2.24) is 10.3 Å². The number of hydrogen-bond acceptors (Lipinski definition) is 4. The van der Waals surface area contributed by atoms with Crippen LogP contribution in [0.25, 0.3) is 0 Å². The standard InChI is InChI=1S/C13H16F4N2O2/c1-20-12-2-3-21-7-11(12)19-6-10-9(14)4-8(5-18-10)13(15,16)17/h4-5,11-12,19H,2-3,6-7H2,1H3/t11-,12-/m1/s1. The third-order valence-corrected chi connectivity index (χ3v) is 3.37. The average Bonchev–Trinajstić information content (AvgIpc) is 2.45. The summed E-state index contributed by atoms with van der Waals surface area (Å²) in [5.74, 6) is -0.983. The number of rotatable bonds is 4. The maximum atomic E-state index is 13.6. The summed E-state index contributed by atoms with van der Waals surface area (Å²) in [5, 5.41) is 3.00. The predicted molar refractivity (Wildman–Crippen MR) is 66.1 cm³/mol. The molecule has 1 aromatic heterocycles. The van der Waals surface area contributed by atoms with Crippen LogP contribution >= 0.6 is 0 Å². The largest absolute Gasteiger partial charge is 0.417 e. The van der Waals surface area contributed by atoms with Crippen molar-refractivity contribution in [2.24, 2.45) is 0 Å². The van der Waals surface area contributed by atoms with Crippen LogP contribution in [0.2, 0.25) is 0 Å². The zero-order chi connectivity index (χ0) is 15.5. The highest BCUT2D eigenvalue weighted by atomic mass is 19.4.